The van der Waals surface area contributed by atoms with Gasteiger partial charge < -0.3 is 15.1 Å². The molecule has 5 aromatic rings. The number of carboxylic acids is 2. The second-order valence-electron chi connectivity index (χ2n) is 16.5. The zero-order valence-electron chi connectivity index (χ0n) is 35.1. The second-order valence-corrected chi connectivity index (χ2v) is 19.2. The van der Waals surface area contributed by atoms with Crippen LogP contribution in [0.1, 0.15) is 111 Å². The van der Waals surface area contributed by atoms with Gasteiger partial charge in [0.2, 0.25) is 0 Å². The van der Waals surface area contributed by atoms with Crippen molar-refractivity contribution in [2.45, 2.75) is 95.6 Å². The van der Waals surface area contributed by atoms with E-state index < -0.39 is 24.0 Å². The van der Waals surface area contributed by atoms with Crippen LogP contribution in [0.5, 0.6) is 0 Å². The molecule has 2 aliphatic heterocycles. The van der Waals surface area contributed by atoms with Gasteiger partial charge in [0.1, 0.15) is 20.4 Å². The van der Waals surface area contributed by atoms with E-state index >= 15 is 0 Å². The van der Waals surface area contributed by atoms with Crippen LogP contribution in [-0.2, 0) is 20.9 Å². The van der Waals surface area contributed by atoms with Crippen molar-refractivity contribution in [3.8, 4) is 0 Å². The first-order chi connectivity index (χ1) is 30.7. The van der Waals surface area contributed by atoms with Crippen molar-refractivity contribution in [2.24, 2.45) is 0 Å². The molecule has 8 rings (SSSR count). The molecule has 1 aromatic heterocycles. The van der Waals surface area contributed by atoms with Crippen LogP contribution in [0, 0.1) is 0 Å². The van der Waals surface area contributed by atoms with Crippen LogP contribution < -0.4 is 19.7 Å². The number of unbranched alkanes of at least 4 members (excludes halogenated alkanes) is 7. The quantitative estimate of drug-likeness (QED) is 0.0504. The molecule has 3 aliphatic rings. The monoisotopic (exact) mass is 897 g/mol. The molecule has 2 N–H and O–H groups in total. The summed E-state index contributed by atoms with van der Waals surface area (Å²) < 4.78 is 2.29. The molecule has 0 bridgehead atoms. The molecule has 2 atom stereocenters. The minimum Gasteiger partial charge on any atom is -0.481 e. The molecule has 3 heterocycles. The van der Waals surface area contributed by atoms with E-state index in [-0.39, 0.29) is 12.3 Å². The molecule has 1 saturated heterocycles. The first-order valence-corrected chi connectivity index (χ1v) is 24.0. The minimum atomic E-state index is -1.16. The van der Waals surface area contributed by atoms with Crippen LogP contribution in [0.25, 0.3) is 22.6 Å². The zero-order chi connectivity index (χ0) is 43.9. The summed E-state index contributed by atoms with van der Waals surface area (Å²) in [4.78, 5) is 54.7. The Morgan fingerprint density at radius 2 is 1.38 bits per heavy atom. The van der Waals surface area contributed by atoms with Gasteiger partial charge in [0.05, 0.1) is 4.53 Å². The predicted molar refractivity (Wildman–Crippen MR) is 259 cm³/mol. The van der Waals surface area contributed by atoms with Crippen molar-refractivity contribution < 1.29 is 24.6 Å². The molecule has 2 fully saturated rings. The molecule has 1 amide bonds. The highest BCUT2D eigenvalue weighted by Crippen LogP contribution is 2.52. The Bertz CT molecular complexity index is 2670. The van der Waals surface area contributed by atoms with E-state index in [1.54, 1.807) is 4.90 Å². The van der Waals surface area contributed by atoms with Crippen molar-refractivity contribution in [2.75, 3.05) is 11.4 Å². The molecular formula is C51H51N3O6S3. The predicted octanol–water partition coefficient (Wildman–Crippen LogP) is 9.76. The fourth-order valence-corrected chi connectivity index (χ4v) is 11.8. The standard InChI is InChI=1S/C51H51N3O6S3/c55-45(56)22-13-5-3-1-2-4-6-14-29-52-49(60)47(63-51(52)61)50-53(33-46(57)58)48(59)44(62-50)32-35-25-28-43-41(31-35)39-20-15-21-42(39)54(43)38-26-23-34(24-27-38)30-40(36-16-9-7-10-17-36)37-18-11-8-12-19-37/h7-12,16-19,23-28,30-32,39,42H,1-6,13-15,20-22,29,33H2,(H,55,56)(H,57,58)/b44-32+,50-47-. The molecule has 0 spiro atoms. The minimum absolute atomic E-state index is 0.218. The van der Waals surface area contributed by atoms with E-state index in [2.05, 4.69) is 95.9 Å². The lowest BCUT2D eigenvalue weighted by atomic mass is 9.95. The second kappa shape index (κ2) is 20.3. The van der Waals surface area contributed by atoms with Crippen LogP contribution in [0.3, 0.4) is 0 Å². The van der Waals surface area contributed by atoms with E-state index in [0.717, 1.165) is 115 Å². The Kier molecular flexibility index (Phi) is 14.2. The number of thiocarbonyl (C=S) groups is 1. The van der Waals surface area contributed by atoms with E-state index in [1.165, 1.54) is 21.4 Å². The number of fused-ring (bicyclic) bond motifs is 3. The van der Waals surface area contributed by atoms with Gasteiger partial charge in [0.15, 0.2) is 0 Å². The number of amides is 1. The van der Waals surface area contributed by atoms with Crippen LogP contribution in [0.2, 0.25) is 0 Å². The molecule has 1 aliphatic carbocycles. The lowest BCUT2D eigenvalue weighted by Gasteiger charge is -2.27. The average molecular weight is 898 g/mol. The summed E-state index contributed by atoms with van der Waals surface area (Å²) >= 11 is 7.90. The van der Waals surface area contributed by atoms with Gasteiger partial charge in [-0.2, -0.15) is 0 Å². The molecule has 12 heteroatoms. The van der Waals surface area contributed by atoms with Gasteiger partial charge in [-0.05, 0) is 95.5 Å². The van der Waals surface area contributed by atoms with Gasteiger partial charge in [-0.1, -0.05) is 148 Å². The molecule has 63 heavy (non-hydrogen) atoms. The molecule has 0 radical (unpaired) electrons. The summed E-state index contributed by atoms with van der Waals surface area (Å²) in [6, 6.07) is 36.4. The van der Waals surface area contributed by atoms with Crippen LogP contribution >= 0.6 is 35.3 Å². The zero-order valence-corrected chi connectivity index (χ0v) is 37.6. The molecule has 324 valence electrons. The summed E-state index contributed by atoms with van der Waals surface area (Å²) in [6.07, 6.45) is 15.1. The number of rotatable bonds is 18. The third-order valence-electron chi connectivity index (χ3n) is 12.2. The number of thioether (sulfide) groups is 1. The topological polar surface area (TPSA) is 120 Å². The Morgan fingerprint density at radius 1 is 0.746 bits per heavy atom. The number of carbonyl (C=O) groups excluding carboxylic acids is 1. The summed E-state index contributed by atoms with van der Waals surface area (Å²) in [5.41, 5.74) is 8.59. The van der Waals surface area contributed by atoms with Crippen molar-refractivity contribution in [1.82, 2.24) is 9.47 Å². The highest BCUT2D eigenvalue weighted by atomic mass is 32.2. The highest BCUT2D eigenvalue weighted by molar-refractivity contribution is 8.30. The first kappa shape index (κ1) is 44.1. The Morgan fingerprint density at radius 3 is 2.03 bits per heavy atom. The fourth-order valence-electron chi connectivity index (χ4n) is 9.21. The maximum Gasteiger partial charge on any atom is 0.323 e. The summed E-state index contributed by atoms with van der Waals surface area (Å²) in [7, 11) is 0. The maximum atomic E-state index is 13.9. The third-order valence-corrected chi connectivity index (χ3v) is 14.9. The third kappa shape index (κ3) is 10.1. The number of nitrogens with zero attached hydrogens (tertiary/aromatic N) is 3. The Labute approximate surface area is 381 Å². The number of hydrogen-bond donors (Lipinski definition) is 2. The van der Waals surface area contributed by atoms with Gasteiger partial charge >= 0.3 is 11.9 Å². The maximum absolute atomic E-state index is 13.9. The Hall–Kier alpha value is -5.56. The number of carbonyl (C=O) groups is 3. The van der Waals surface area contributed by atoms with Gasteiger partial charge in [-0.15, -0.1) is 11.3 Å². The summed E-state index contributed by atoms with van der Waals surface area (Å²) in [5.74, 6) is -1.86. The highest BCUT2D eigenvalue weighted by Gasteiger charge is 2.42. The smallest absolute Gasteiger partial charge is 0.323 e. The number of aromatic nitrogens is 1. The fraction of sp³-hybridized carbons (Fsp3) is 0.314. The summed E-state index contributed by atoms with van der Waals surface area (Å²) in [6.45, 7) is -0.102. The van der Waals surface area contributed by atoms with Crippen molar-refractivity contribution in [3.05, 3.63) is 150 Å². The van der Waals surface area contributed by atoms with E-state index in [1.807, 2.05) is 24.3 Å². The van der Waals surface area contributed by atoms with Crippen LogP contribution in [0.15, 0.2) is 108 Å². The van der Waals surface area contributed by atoms with Crippen LogP contribution in [0.4, 0.5) is 11.4 Å². The molecule has 9 nitrogen and oxygen atoms in total. The van der Waals surface area contributed by atoms with E-state index in [0.29, 0.717) is 43.3 Å². The molecule has 4 aromatic carbocycles. The number of benzene rings is 4. The SMILES string of the molecule is O=C(O)CCCCCCCCCCN1C(=O)/C(=c2/s/c(=C/c3ccc4c(c3)C3CCCC3N4c3ccc(C=C(c4ccccc4)c4ccccc4)cc3)c(=O)n2CC(=O)O)SC1=S. The van der Waals surface area contributed by atoms with E-state index in [9.17, 15) is 24.3 Å². The summed E-state index contributed by atoms with van der Waals surface area (Å²) in [5, 5.41) is 18.6. The van der Waals surface area contributed by atoms with Gasteiger partial charge in [-0.3, -0.25) is 28.6 Å². The lowest BCUT2D eigenvalue weighted by molar-refractivity contribution is -0.138. The first-order valence-electron chi connectivity index (χ1n) is 21.9. The van der Waals surface area contributed by atoms with Crippen molar-refractivity contribution in [3.63, 3.8) is 0 Å². The van der Waals surface area contributed by atoms with E-state index in [4.69, 9.17) is 17.3 Å². The van der Waals surface area contributed by atoms with Crippen molar-refractivity contribution in [1.29, 1.82) is 0 Å². The molecule has 1 saturated carbocycles. The molecular weight excluding hydrogens is 847 g/mol. The van der Waals surface area contributed by atoms with Gasteiger partial charge in [0.25, 0.3) is 11.5 Å². The largest absolute Gasteiger partial charge is 0.481 e. The normalized spacial score (nSPS) is 17.9. The number of aliphatic carboxylic acids is 2. The number of anilines is 2. The molecule has 2 unspecified atom stereocenters. The number of carboxylic acid groups (broad SMARTS) is 2. The van der Waals surface area contributed by atoms with Gasteiger partial charge in [-0.25, -0.2) is 0 Å². The number of thiazole rings is 1. The van der Waals surface area contributed by atoms with Crippen LogP contribution in [-0.4, -0.2) is 54.4 Å². The Balaban J connectivity index is 1.01. The number of hydrogen-bond acceptors (Lipinski definition) is 8. The van der Waals surface area contributed by atoms with Crippen molar-refractivity contribution >= 4 is 91.5 Å². The van der Waals surface area contributed by atoms with Gasteiger partial charge in [0, 0.05) is 36.3 Å². The lowest BCUT2D eigenvalue weighted by Crippen LogP contribution is -2.35. The average Bonchev–Trinajstić information content (AvgIpc) is 4.03.